The summed E-state index contributed by atoms with van der Waals surface area (Å²) in [5.41, 5.74) is -1.27. The van der Waals surface area contributed by atoms with Crippen molar-refractivity contribution in [2.45, 2.75) is 166 Å². The first kappa shape index (κ1) is 49.9. The van der Waals surface area contributed by atoms with Gasteiger partial charge in [-0.15, -0.1) is 0 Å². The number of rotatable bonds is 24. The van der Waals surface area contributed by atoms with Crippen LogP contribution in [0.2, 0.25) is 0 Å². The van der Waals surface area contributed by atoms with Crippen molar-refractivity contribution in [1.82, 2.24) is 0 Å². The molecule has 0 aromatic rings. The van der Waals surface area contributed by atoms with Crippen molar-refractivity contribution in [3.8, 4) is 0 Å². The smallest absolute Gasteiger partial charge is 0.313 e. The van der Waals surface area contributed by atoms with Gasteiger partial charge in [0.15, 0.2) is 0 Å². The number of Topliss-reactive ketones (excluding diaryl/α,β-unsaturated/α-hetero) is 1. The fourth-order valence-corrected chi connectivity index (χ4v) is 3.46. The number of ketones is 1. The molecule has 10 heteroatoms. The molecule has 0 rings (SSSR count). The van der Waals surface area contributed by atoms with E-state index in [1.54, 1.807) is 13.8 Å². The van der Waals surface area contributed by atoms with Crippen LogP contribution in [0.3, 0.4) is 0 Å². The van der Waals surface area contributed by atoms with Gasteiger partial charge in [0.1, 0.15) is 32.0 Å². The summed E-state index contributed by atoms with van der Waals surface area (Å²) < 4.78 is 19.8. The molecule has 0 heterocycles. The molecule has 0 fully saturated rings. The van der Waals surface area contributed by atoms with Crippen molar-refractivity contribution >= 4 is 29.7 Å². The third-order valence-electron chi connectivity index (χ3n) is 8.34. The minimum absolute atomic E-state index is 0.0162. The van der Waals surface area contributed by atoms with Crippen molar-refractivity contribution in [3.63, 3.8) is 0 Å². The lowest BCUT2D eigenvalue weighted by molar-refractivity contribution is -0.159. The summed E-state index contributed by atoms with van der Waals surface area (Å²) in [5.74, 6) is -1.45. The minimum atomic E-state index is -0.594. The highest BCUT2D eigenvalue weighted by Crippen LogP contribution is 2.23. The van der Waals surface area contributed by atoms with E-state index in [4.69, 9.17) is 24.1 Å². The van der Waals surface area contributed by atoms with Crippen LogP contribution in [0.1, 0.15) is 166 Å². The second-order valence-electron chi connectivity index (χ2n) is 14.1. The van der Waals surface area contributed by atoms with Gasteiger partial charge in [0.25, 0.3) is 0 Å². The average Bonchev–Trinajstić information content (AvgIpc) is 3.04. The molecule has 0 atom stereocenters. The van der Waals surface area contributed by atoms with Gasteiger partial charge in [-0.05, 0) is 74.1 Å². The highest BCUT2D eigenvalue weighted by atomic mass is 16.6. The summed E-state index contributed by atoms with van der Waals surface area (Å²) >= 11 is 0. The van der Waals surface area contributed by atoms with Crippen LogP contribution in [0.4, 0.5) is 0 Å². The Morgan fingerprint density at radius 2 is 0.812 bits per heavy atom. The lowest BCUT2D eigenvalue weighted by atomic mass is 9.91. The van der Waals surface area contributed by atoms with Crippen LogP contribution in [0.5, 0.6) is 0 Å². The quantitative estimate of drug-likeness (QED) is 0.0455. The van der Waals surface area contributed by atoms with Gasteiger partial charge in [-0.1, -0.05) is 85.5 Å². The van der Waals surface area contributed by atoms with E-state index in [1.807, 2.05) is 48.5 Å². The molecular formula is C38H72O10. The van der Waals surface area contributed by atoms with Gasteiger partial charge in [-0.3, -0.25) is 24.0 Å². The van der Waals surface area contributed by atoms with Crippen LogP contribution in [0, 0.1) is 16.2 Å². The van der Waals surface area contributed by atoms with E-state index < -0.39 is 16.8 Å². The number of aliphatic hydroxyl groups is 1. The van der Waals surface area contributed by atoms with Crippen LogP contribution in [0.25, 0.3) is 0 Å². The number of aliphatic hydroxyl groups excluding tert-OH is 1. The molecule has 0 aliphatic carbocycles. The summed E-state index contributed by atoms with van der Waals surface area (Å²) in [4.78, 5) is 55.9. The van der Waals surface area contributed by atoms with E-state index in [9.17, 15) is 24.0 Å². The van der Waals surface area contributed by atoms with Crippen LogP contribution < -0.4 is 0 Å². The Morgan fingerprint density at radius 3 is 1.17 bits per heavy atom. The molecule has 0 aliphatic heterocycles. The molecule has 0 aromatic heterocycles. The predicted octanol–water partition coefficient (Wildman–Crippen LogP) is 8.33. The number of hydrogen-bond acceptors (Lipinski definition) is 10. The van der Waals surface area contributed by atoms with E-state index in [0.29, 0.717) is 13.0 Å². The molecule has 0 aliphatic rings. The van der Waals surface area contributed by atoms with Crippen LogP contribution >= 0.6 is 0 Å². The van der Waals surface area contributed by atoms with Crippen molar-refractivity contribution in [2.24, 2.45) is 16.2 Å². The number of carbonyl (C=O) groups excluding carboxylic acids is 5. The molecule has 0 bridgehead atoms. The van der Waals surface area contributed by atoms with E-state index in [2.05, 4.69) is 6.92 Å². The lowest BCUT2D eigenvalue weighted by Crippen LogP contribution is -2.27. The summed E-state index contributed by atoms with van der Waals surface area (Å²) in [5, 5.41) is 8.38. The van der Waals surface area contributed by atoms with Gasteiger partial charge in [0.2, 0.25) is 0 Å². The van der Waals surface area contributed by atoms with E-state index >= 15 is 0 Å². The summed E-state index contributed by atoms with van der Waals surface area (Å²) in [6.45, 7) is 21.2. The zero-order valence-corrected chi connectivity index (χ0v) is 32.6. The number of esters is 4. The molecule has 0 amide bonds. The van der Waals surface area contributed by atoms with Crippen LogP contribution in [-0.2, 0) is 42.9 Å². The van der Waals surface area contributed by atoms with Crippen molar-refractivity contribution in [2.75, 3.05) is 33.0 Å². The molecule has 0 radical (unpaired) electrons. The molecule has 284 valence electrons. The zero-order valence-electron chi connectivity index (χ0n) is 32.6. The van der Waals surface area contributed by atoms with Crippen LogP contribution in [0.15, 0.2) is 0 Å². The predicted molar refractivity (Wildman–Crippen MR) is 190 cm³/mol. The Labute approximate surface area is 292 Å². The minimum Gasteiger partial charge on any atom is -0.465 e. The molecule has 0 unspecified atom stereocenters. The Hall–Kier alpha value is -2.49. The van der Waals surface area contributed by atoms with Gasteiger partial charge in [-0.2, -0.15) is 0 Å². The van der Waals surface area contributed by atoms with E-state index in [0.717, 1.165) is 19.3 Å². The summed E-state index contributed by atoms with van der Waals surface area (Å²) in [7, 11) is 0. The Kier molecular flexibility index (Phi) is 30.6. The maximum absolute atomic E-state index is 11.7. The number of carbonyl (C=O) groups is 5. The molecule has 0 saturated carbocycles. The SMILES string of the molecule is CCC(C)(C)C(=O)OCCO.CCC(C)(C)C(=O)OCCOC(=O)CC(C)=O.CCCCCCCCCCCCOC(=O)C(C)(C)CC. The van der Waals surface area contributed by atoms with Crippen molar-refractivity contribution in [1.29, 1.82) is 0 Å². The zero-order chi connectivity index (χ0) is 37.7. The second-order valence-corrected chi connectivity index (χ2v) is 14.1. The van der Waals surface area contributed by atoms with Gasteiger partial charge < -0.3 is 24.1 Å². The fraction of sp³-hybridized carbons (Fsp3) is 0.868. The average molecular weight is 689 g/mol. The van der Waals surface area contributed by atoms with Crippen LogP contribution in [-0.4, -0.2) is 67.8 Å². The second kappa shape index (κ2) is 29.4. The Balaban J connectivity index is -0.000000659. The van der Waals surface area contributed by atoms with Gasteiger partial charge >= 0.3 is 23.9 Å². The molecule has 0 saturated heterocycles. The molecule has 0 spiro atoms. The monoisotopic (exact) mass is 689 g/mol. The maximum Gasteiger partial charge on any atom is 0.313 e. The van der Waals surface area contributed by atoms with Crippen molar-refractivity contribution < 1.29 is 48.0 Å². The summed E-state index contributed by atoms with van der Waals surface area (Å²) in [6, 6.07) is 0. The first-order valence-electron chi connectivity index (χ1n) is 18.2. The maximum atomic E-state index is 11.7. The number of unbranched alkanes of at least 4 members (excludes halogenated alkanes) is 9. The molecular weight excluding hydrogens is 616 g/mol. The van der Waals surface area contributed by atoms with Gasteiger partial charge in [0, 0.05) is 0 Å². The largest absolute Gasteiger partial charge is 0.465 e. The highest BCUT2D eigenvalue weighted by molar-refractivity contribution is 5.94. The molecule has 10 nitrogen and oxygen atoms in total. The lowest BCUT2D eigenvalue weighted by Gasteiger charge is -2.20. The van der Waals surface area contributed by atoms with Gasteiger partial charge in [0.05, 0.1) is 29.5 Å². The van der Waals surface area contributed by atoms with E-state index in [-0.39, 0.29) is 62.0 Å². The third kappa shape index (κ3) is 28.5. The third-order valence-corrected chi connectivity index (χ3v) is 8.34. The molecule has 48 heavy (non-hydrogen) atoms. The first-order chi connectivity index (χ1) is 22.4. The summed E-state index contributed by atoms with van der Waals surface area (Å²) in [6.07, 6.45) is 15.1. The normalized spacial score (nSPS) is 11.2. The van der Waals surface area contributed by atoms with E-state index in [1.165, 1.54) is 64.7 Å². The number of hydrogen-bond donors (Lipinski definition) is 1. The Morgan fingerprint density at radius 1 is 0.479 bits per heavy atom. The fourth-order valence-electron chi connectivity index (χ4n) is 3.46. The standard InChI is InChI=1S/C18H36O2.C12H20O5.C8H16O3/c1-5-7-8-9-10-11-12-13-14-15-16-20-17(19)18(3,4)6-2;1-5-12(3,4)11(15)17-7-6-16-10(14)8-9(2)13;1-4-8(2,3)7(10)11-6-5-9/h5-16H2,1-4H3;5-8H2,1-4H3;9H,4-6H2,1-3H3. The van der Waals surface area contributed by atoms with Gasteiger partial charge in [-0.25, -0.2) is 0 Å². The molecule has 1 N–H and O–H groups in total. The first-order valence-corrected chi connectivity index (χ1v) is 18.2. The molecule has 0 aromatic carbocycles. The highest BCUT2D eigenvalue weighted by Gasteiger charge is 2.28. The van der Waals surface area contributed by atoms with Crippen molar-refractivity contribution in [3.05, 3.63) is 0 Å². The number of ether oxygens (including phenoxy) is 4. The Bertz CT molecular complexity index is 877. The topological polar surface area (TPSA) is 142 Å².